The van der Waals surface area contributed by atoms with Crippen molar-refractivity contribution in [3.05, 3.63) is 29.8 Å². The van der Waals surface area contributed by atoms with E-state index in [1.807, 2.05) is 0 Å². The maximum atomic E-state index is 11.6. The Bertz CT molecular complexity index is 396. The monoisotopic (exact) mass is 252 g/mol. The molecule has 0 aromatic heterocycles. The fraction of sp³-hybridized carbons (Fsp3) is 0.462. The second kappa shape index (κ2) is 5.73. The molecule has 1 rings (SSSR count). The molecular weight excluding hydrogens is 232 g/mol. The second-order valence-electron chi connectivity index (χ2n) is 5.03. The molecular formula is C13H20N2O3. The van der Waals surface area contributed by atoms with Crippen LogP contribution < -0.4 is 11.1 Å². The van der Waals surface area contributed by atoms with E-state index in [2.05, 4.69) is 5.32 Å². The normalized spacial score (nSPS) is 12.9. The standard InChI is InChI=1S/C13H20N2O3/c1-13(2,3)18-12(17)15-11(8-14)9-4-6-10(16)7-5-9/h4-7,11,16H,8,14H2,1-3H3,(H,15,17). The average molecular weight is 252 g/mol. The van der Waals surface area contributed by atoms with Crippen molar-refractivity contribution in [2.45, 2.75) is 32.4 Å². The zero-order valence-corrected chi connectivity index (χ0v) is 10.9. The van der Waals surface area contributed by atoms with Crippen molar-refractivity contribution in [2.24, 2.45) is 5.73 Å². The fourth-order valence-electron chi connectivity index (χ4n) is 1.43. The predicted molar refractivity (Wildman–Crippen MR) is 69.3 cm³/mol. The van der Waals surface area contributed by atoms with Crippen molar-refractivity contribution in [1.29, 1.82) is 0 Å². The summed E-state index contributed by atoms with van der Waals surface area (Å²) in [5, 5.41) is 11.9. The Kier molecular flexibility index (Phi) is 4.55. The molecule has 0 radical (unpaired) electrons. The quantitative estimate of drug-likeness (QED) is 0.767. The third-order valence-electron chi connectivity index (χ3n) is 2.22. The molecule has 0 heterocycles. The zero-order valence-electron chi connectivity index (χ0n) is 10.9. The van der Waals surface area contributed by atoms with Crippen molar-refractivity contribution >= 4 is 6.09 Å². The first kappa shape index (κ1) is 14.3. The Morgan fingerprint density at radius 1 is 1.39 bits per heavy atom. The molecule has 0 saturated heterocycles. The third kappa shape index (κ3) is 4.63. The highest BCUT2D eigenvalue weighted by Crippen LogP contribution is 2.17. The maximum Gasteiger partial charge on any atom is 0.408 e. The summed E-state index contributed by atoms with van der Waals surface area (Å²) < 4.78 is 5.16. The molecule has 0 bridgehead atoms. The molecule has 1 aromatic rings. The summed E-state index contributed by atoms with van der Waals surface area (Å²) in [5.74, 6) is 0.173. The molecule has 100 valence electrons. The van der Waals surface area contributed by atoms with Crippen LogP contribution in [-0.2, 0) is 4.74 Å². The van der Waals surface area contributed by atoms with Crippen LogP contribution in [0.1, 0.15) is 32.4 Å². The van der Waals surface area contributed by atoms with Crippen molar-refractivity contribution in [3.63, 3.8) is 0 Å². The number of alkyl carbamates (subject to hydrolysis) is 1. The summed E-state index contributed by atoms with van der Waals surface area (Å²) in [6, 6.07) is 6.19. The number of hydrogen-bond acceptors (Lipinski definition) is 4. The van der Waals surface area contributed by atoms with Gasteiger partial charge in [0.25, 0.3) is 0 Å². The molecule has 0 aliphatic rings. The Balaban J connectivity index is 2.68. The van der Waals surface area contributed by atoms with E-state index in [-0.39, 0.29) is 18.3 Å². The van der Waals surface area contributed by atoms with Crippen molar-refractivity contribution in [3.8, 4) is 5.75 Å². The van der Waals surface area contributed by atoms with Crippen molar-refractivity contribution < 1.29 is 14.6 Å². The number of carbonyl (C=O) groups is 1. The van der Waals surface area contributed by atoms with Gasteiger partial charge in [0.15, 0.2) is 0 Å². The molecule has 1 aromatic carbocycles. The van der Waals surface area contributed by atoms with Gasteiger partial charge in [0.2, 0.25) is 0 Å². The minimum Gasteiger partial charge on any atom is -0.508 e. The van der Waals surface area contributed by atoms with E-state index in [1.54, 1.807) is 45.0 Å². The molecule has 1 unspecified atom stereocenters. The Morgan fingerprint density at radius 2 is 1.94 bits per heavy atom. The van der Waals surface area contributed by atoms with Crippen LogP contribution in [0.5, 0.6) is 5.75 Å². The average Bonchev–Trinajstić information content (AvgIpc) is 2.25. The molecule has 4 N–H and O–H groups in total. The van der Waals surface area contributed by atoms with Gasteiger partial charge in [0.05, 0.1) is 6.04 Å². The molecule has 0 aliphatic carbocycles. The molecule has 1 atom stereocenters. The minimum atomic E-state index is -0.543. The van der Waals surface area contributed by atoms with Gasteiger partial charge >= 0.3 is 6.09 Å². The van der Waals surface area contributed by atoms with Gasteiger partial charge in [-0.05, 0) is 38.5 Å². The molecule has 18 heavy (non-hydrogen) atoms. The first-order chi connectivity index (χ1) is 8.31. The number of ether oxygens (including phenoxy) is 1. The number of carbonyl (C=O) groups excluding carboxylic acids is 1. The lowest BCUT2D eigenvalue weighted by atomic mass is 10.1. The number of hydrogen-bond donors (Lipinski definition) is 3. The topological polar surface area (TPSA) is 84.6 Å². The summed E-state index contributed by atoms with van der Waals surface area (Å²) in [6.45, 7) is 5.64. The highest BCUT2D eigenvalue weighted by molar-refractivity contribution is 5.68. The van der Waals surface area contributed by atoms with Crippen LogP contribution in [0, 0.1) is 0 Å². The molecule has 5 heteroatoms. The van der Waals surface area contributed by atoms with E-state index in [9.17, 15) is 9.90 Å². The summed E-state index contributed by atoms with van der Waals surface area (Å²) in [7, 11) is 0. The van der Waals surface area contributed by atoms with Crippen LogP contribution in [-0.4, -0.2) is 23.3 Å². The summed E-state index contributed by atoms with van der Waals surface area (Å²) in [6.07, 6.45) is -0.508. The highest BCUT2D eigenvalue weighted by Gasteiger charge is 2.19. The molecule has 0 fully saturated rings. The highest BCUT2D eigenvalue weighted by atomic mass is 16.6. The van der Waals surface area contributed by atoms with Crippen LogP contribution in [0.15, 0.2) is 24.3 Å². The van der Waals surface area contributed by atoms with Crippen LogP contribution in [0.4, 0.5) is 4.79 Å². The number of phenols is 1. The molecule has 0 spiro atoms. The van der Waals surface area contributed by atoms with E-state index >= 15 is 0 Å². The number of nitrogens with one attached hydrogen (secondary N) is 1. The number of rotatable bonds is 3. The van der Waals surface area contributed by atoms with Gasteiger partial charge in [-0.25, -0.2) is 4.79 Å². The number of benzene rings is 1. The largest absolute Gasteiger partial charge is 0.508 e. The fourth-order valence-corrected chi connectivity index (χ4v) is 1.43. The zero-order chi connectivity index (χ0) is 13.8. The summed E-state index contributed by atoms with van der Waals surface area (Å²) >= 11 is 0. The molecule has 0 aliphatic heterocycles. The number of nitrogens with two attached hydrogens (primary N) is 1. The minimum absolute atomic E-state index is 0.173. The Hall–Kier alpha value is -1.75. The first-order valence-electron chi connectivity index (χ1n) is 5.80. The Morgan fingerprint density at radius 3 is 2.39 bits per heavy atom. The SMILES string of the molecule is CC(C)(C)OC(=O)NC(CN)c1ccc(O)cc1. The van der Waals surface area contributed by atoms with Crippen LogP contribution in [0.2, 0.25) is 0 Å². The smallest absolute Gasteiger partial charge is 0.408 e. The van der Waals surface area contributed by atoms with E-state index in [0.717, 1.165) is 5.56 Å². The van der Waals surface area contributed by atoms with Crippen LogP contribution >= 0.6 is 0 Å². The number of phenolic OH excluding ortho intramolecular Hbond substituents is 1. The molecule has 5 nitrogen and oxygen atoms in total. The summed E-state index contributed by atoms with van der Waals surface area (Å²) in [5.41, 5.74) is 5.90. The van der Waals surface area contributed by atoms with Gasteiger partial charge in [-0.15, -0.1) is 0 Å². The Labute approximate surface area is 107 Å². The van der Waals surface area contributed by atoms with Gasteiger partial charge in [-0.1, -0.05) is 12.1 Å². The third-order valence-corrected chi connectivity index (χ3v) is 2.22. The lowest BCUT2D eigenvalue weighted by molar-refractivity contribution is 0.0505. The van der Waals surface area contributed by atoms with Crippen LogP contribution in [0.3, 0.4) is 0 Å². The van der Waals surface area contributed by atoms with Gasteiger partial charge in [-0.2, -0.15) is 0 Å². The predicted octanol–water partition coefficient (Wildman–Crippen LogP) is 1.92. The molecule has 0 saturated carbocycles. The second-order valence-corrected chi connectivity index (χ2v) is 5.03. The van der Waals surface area contributed by atoms with E-state index in [0.29, 0.717) is 0 Å². The van der Waals surface area contributed by atoms with Gasteiger partial charge in [-0.3, -0.25) is 0 Å². The van der Waals surface area contributed by atoms with E-state index in [1.165, 1.54) is 0 Å². The first-order valence-corrected chi connectivity index (χ1v) is 5.80. The van der Waals surface area contributed by atoms with Crippen LogP contribution in [0.25, 0.3) is 0 Å². The lowest BCUT2D eigenvalue weighted by Gasteiger charge is -2.23. The summed E-state index contributed by atoms with van der Waals surface area (Å²) in [4.78, 5) is 11.6. The van der Waals surface area contributed by atoms with E-state index in [4.69, 9.17) is 10.5 Å². The van der Waals surface area contributed by atoms with Gasteiger partial charge < -0.3 is 20.9 Å². The number of amides is 1. The van der Waals surface area contributed by atoms with E-state index < -0.39 is 11.7 Å². The molecule has 1 amide bonds. The van der Waals surface area contributed by atoms with Crippen molar-refractivity contribution in [1.82, 2.24) is 5.32 Å². The number of aromatic hydroxyl groups is 1. The lowest BCUT2D eigenvalue weighted by Crippen LogP contribution is -2.37. The van der Waals surface area contributed by atoms with Gasteiger partial charge in [0, 0.05) is 6.54 Å². The van der Waals surface area contributed by atoms with Gasteiger partial charge in [0.1, 0.15) is 11.4 Å². The van der Waals surface area contributed by atoms with Crippen molar-refractivity contribution in [2.75, 3.05) is 6.54 Å². The maximum absolute atomic E-state index is 11.6.